The van der Waals surface area contributed by atoms with Crippen LogP contribution in [-0.4, -0.2) is 17.5 Å². The zero-order valence-corrected chi connectivity index (χ0v) is 62.0. The van der Waals surface area contributed by atoms with E-state index in [4.69, 9.17) is 29.2 Å². The third-order valence-corrected chi connectivity index (χ3v) is 25.0. The lowest BCUT2D eigenvalue weighted by Gasteiger charge is -2.34. The maximum Gasteiger partial charge on any atom is 0.151 e. The van der Waals surface area contributed by atoms with E-state index in [1.54, 1.807) is 0 Å². The minimum absolute atomic E-state index is 0.00678. The standard InChI is InChI=1S/3C28H18Br2N2O/c3*29-20-11-3-2-10-19(20)28-16-17-8-7-12-21(30)25(17)26(28)32-22-13-4-6-15-24(22)33-23-14-5-1-9-18(23)27(32)31-28/h3*1-15,26H,16H2/t3*26-,28-/m100/s1. The Kier molecular flexibility index (Phi) is 14.7. The van der Waals surface area contributed by atoms with Crippen molar-refractivity contribution in [1.82, 2.24) is 0 Å². The molecule has 0 fully saturated rings. The fourth-order valence-corrected chi connectivity index (χ4v) is 20.7. The molecule has 0 amide bonds. The smallest absolute Gasteiger partial charge is 0.151 e. The Hall–Kier alpha value is -8.67. The number of benzene rings is 12. The van der Waals surface area contributed by atoms with Crippen molar-refractivity contribution in [2.75, 3.05) is 14.7 Å². The molecule has 0 saturated heterocycles. The Morgan fingerprint density at radius 2 is 0.505 bits per heavy atom. The normalized spacial score (nSPS) is 21.7. The van der Waals surface area contributed by atoms with Gasteiger partial charge in [0, 0.05) is 46.1 Å². The minimum Gasteiger partial charge on any atom is -0.454 e. The summed E-state index contributed by atoms with van der Waals surface area (Å²) in [6.45, 7) is 0. The van der Waals surface area contributed by atoms with Gasteiger partial charge < -0.3 is 28.9 Å². The van der Waals surface area contributed by atoms with Crippen LogP contribution in [0.5, 0.6) is 34.5 Å². The molecule has 0 bridgehead atoms. The zero-order chi connectivity index (χ0) is 66.5. The van der Waals surface area contributed by atoms with Crippen molar-refractivity contribution in [2.24, 2.45) is 15.0 Å². The number of rotatable bonds is 3. The van der Waals surface area contributed by atoms with Crippen LogP contribution in [-0.2, 0) is 35.9 Å². The van der Waals surface area contributed by atoms with Gasteiger partial charge in [0.15, 0.2) is 17.2 Å². The van der Waals surface area contributed by atoms with Crippen molar-refractivity contribution < 1.29 is 14.2 Å². The molecule has 0 spiro atoms. The molecule has 0 N–H and O–H groups in total. The van der Waals surface area contributed by atoms with Gasteiger partial charge in [0.25, 0.3) is 0 Å². The molecule has 12 aromatic carbocycles. The summed E-state index contributed by atoms with van der Waals surface area (Å²) in [5, 5.41) is 0. The van der Waals surface area contributed by atoms with E-state index in [0.29, 0.717) is 0 Å². The van der Waals surface area contributed by atoms with Gasteiger partial charge in [-0.3, -0.25) is 15.0 Å². The Balaban J connectivity index is 0.000000104. The second-order valence-corrected chi connectivity index (χ2v) is 31.1. The van der Waals surface area contributed by atoms with E-state index in [1.165, 1.54) is 50.1 Å². The number of aliphatic imine (C=N–C) groups is 3. The maximum absolute atomic E-state index is 6.42. The van der Waals surface area contributed by atoms with Crippen molar-refractivity contribution in [2.45, 2.75) is 54.0 Å². The Bertz CT molecular complexity index is 4970. The monoisotopic (exact) mass is 1670 g/mol. The topological polar surface area (TPSA) is 74.5 Å². The van der Waals surface area contributed by atoms with E-state index in [-0.39, 0.29) is 18.1 Å². The van der Waals surface area contributed by atoms with E-state index in [0.717, 1.165) is 132 Å². The van der Waals surface area contributed by atoms with Crippen molar-refractivity contribution in [3.8, 4) is 34.5 Å². The number of nitrogens with zero attached hydrogens (tertiary/aromatic N) is 6. The van der Waals surface area contributed by atoms with E-state index in [1.807, 2.05) is 72.8 Å². The van der Waals surface area contributed by atoms with Crippen LogP contribution in [0, 0.1) is 0 Å². The van der Waals surface area contributed by atoms with Crippen LogP contribution in [0.3, 0.4) is 0 Å². The molecule has 6 atom stereocenters. The summed E-state index contributed by atoms with van der Waals surface area (Å²) >= 11 is 23.2. The first-order valence-corrected chi connectivity index (χ1v) is 37.6. The van der Waals surface area contributed by atoms with Gasteiger partial charge in [0.05, 0.1) is 51.9 Å². The molecule has 0 saturated carbocycles. The highest BCUT2D eigenvalue weighted by Gasteiger charge is 2.62. The number of amidine groups is 3. The SMILES string of the molecule is Brc1ccccc1[C@@]12Cc3cccc(Br)c3[C@@H]1N1C(=N2)c2ccccc2Oc2ccccc21.Brc1ccccc1[C@@]12Cc3cccc(Br)c3[C@@H]1N1C(=N2)c2ccccc2Oc2ccccc21.Brc1ccccc1[C@]12Cc3cccc(Br)c3[C@H]1N1C(=N2)c2ccccc2Oc2ccccc21. The quantitative estimate of drug-likeness (QED) is 0.175. The minimum atomic E-state index is -0.459. The van der Waals surface area contributed by atoms with E-state index >= 15 is 0 Å². The number of hydrogen-bond acceptors (Lipinski definition) is 9. The van der Waals surface area contributed by atoms with Gasteiger partial charge in [0.1, 0.15) is 51.4 Å². The summed E-state index contributed by atoms with van der Waals surface area (Å²) in [5.41, 5.74) is 16.2. The summed E-state index contributed by atoms with van der Waals surface area (Å²) in [6.07, 6.45) is 2.50. The van der Waals surface area contributed by atoms with Crippen molar-refractivity contribution in [1.29, 1.82) is 0 Å². The largest absolute Gasteiger partial charge is 0.454 e. The molecule has 15 heteroatoms. The number of hydrogen-bond donors (Lipinski definition) is 0. The Morgan fingerprint density at radius 1 is 0.263 bits per heavy atom. The molecule has 6 heterocycles. The molecule has 21 rings (SSSR count). The van der Waals surface area contributed by atoms with Crippen LogP contribution in [0.4, 0.5) is 17.1 Å². The predicted molar refractivity (Wildman–Crippen MR) is 415 cm³/mol. The first kappa shape index (κ1) is 61.4. The summed E-state index contributed by atoms with van der Waals surface area (Å²) in [5.74, 6) is 7.91. The fourth-order valence-electron chi connectivity index (χ4n) is 16.9. The molecule has 99 heavy (non-hydrogen) atoms. The van der Waals surface area contributed by atoms with Crippen molar-refractivity contribution in [3.63, 3.8) is 0 Å². The summed E-state index contributed by atoms with van der Waals surface area (Å²) in [7, 11) is 0. The van der Waals surface area contributed by atoms with Crippen molar-refractivity contribution >= 4 is 130 Å². The number of fused-ring (bicyclic) bond motifs is 27. The molecule has 0 aromatic heterocycles. The van der Waals surface area contributed by atoms with Gasteiger partial charge in [0.2, 0.25) is 0 Å². The van der Waals surface area contributed by atoms with Gasteiger partial charge in [-0.05, 0) is 159 Å². The molecule has 0 unspecified atom stereocenters. The molecule has 6 aliphatic heterocycles. The molecule has 3 aliphatic carbocycles. The Labute approximate surface area is 623 Å². The van der Waals surface area contributed by atoms with Crippen LogP contribution in [0.25, 0.3) is 0 Å². The summed E-state index contributed by atoms with van der Waals surface area (Å²) in [4.78, 5) is 24.0. The molecule has 12 aromatic rings. The molecule has 9 aliphatic rings. The second-order valence-electron chi connectivity index (χ2n) is 26.0. The molecule has 9 nitrogen and oxygen atoms in total. The van der Waals surface area contributed by atoms with Gasteiger partial charge in [-0.25, -0.2) is 0 Å². The third kappa shape index (κ3) is 9.32. The van der Waals surface area contributed by atoms with Gasteiger partial charge >= 0.3 is 0 Å². The van der Waals surface area contributed by atoms with E-state index in [2.05, 4.69) is 310 Å². The summed E-state index contributed by atoms with van der Waals surface area (Å²) < 4.78 is 25.9. The number of anilines is 3. The van der Waals surface area contributed by atoms with Crippen LogP contribution in [0.2, 0.25) is 0 Å². The predicted octanol–water partition coefficient (Wildman–Crippen LogP) is 23.3. The highest BCUT2D eigenvalue weighted by Crippen LogP contribution is 2.65. The molecular weight excluding hydrogens is 1620 g/mol. The average molecular weight is 1670 g/mol. The molecule has 0 radical (unpaired) electrons. The molecule has 480 valence electrons. The average Bonchev–Trinajstić information content (AvgIpc) is 1.54. The first-order chi connectivity index (χ1) is 48.5. The third-order valence-electron chi connectivity index (χ3n) is 20.8. The Morgan fingerprint density at radius 3 is 0.798 bits per heavy atom. The van der Waals surface area contributed by atoms with Crippen molar-refractivity contribution in [3.05, 3.63) is 367 Å². The number of ether oxygens (including phenoxy) is 3. The van der Waals surface area contributed by atoms with Crippen LogP contribution >= 0.6 is 95.6 Å². The van der Waals surface area contributed by atoms with Gasteiger partial charge in [-0.2, -0.15) is 0 Å². The number of para-hydroxylation sites is 9. The summed E-state index contributed by atoms with van der Waals surface area (Å²) in [6, 6.07) is 94.5. The van der Waals surface area contributed by atoms with Crippen LogP contribution in [0.1, 0.15) is 84.9 Å². The number of halogens is 6. The lowest BCUT2D eigenvalue weighted by molar-refractivity contribution is 0.416. The lowest BCUT2D eigenvalue weighted by atomic mass is 9.84. The highest BCUT2D eigenvalue weighted by molar-refractivity contribution is 9.11. The van der Waals surface area contributed by atoms with Crippen LogP contribution in [0.15, 0.2) is 315 Å². The zero-order valence-electron chi connectivity index (χ0n) is 52.5. The van der Waals surface area contributed by atoms with E-state index in [9.17, 15) is 0 Å². The van der Waals surface area contributed by atoms with Crippen LogP contribution < -0.4 is 28.9 Å². The van der Waals surface area contributed by atoms with Gasteiger partial charge in [-0.15, -0.1) is 0 Å². The second kappa shape index (κ2) is 23.7. The first-order valence-electron chi connectivity index (χ1n) is 32.8. The fraction of sp³-hybridized carbons (Fsp3) is 0.107. The van der Waals surface area contributed by atoms with E-state index < -0.39 is 16.6 Å². The lowest BCUT2D eigenvalue weighted by Crippen LogP contribution is -2.36. The highest BCUT2D eigenvalue weighted by atomic mass is 79.9. The van der Waals surface area contributed by atoms with Gasteiger partial charge in [-0.1, -0.05) is 259 Å². The maximum atomic E-state index is 6.42. The molecular formula is C84H54Br6N6O3.